The molecule has 0 aromatic rings. The highest BCUT2D eigenvalue weighted by Gasteiger charge is 2.34. The van der Waals surface area contributed by atoms with Crippen LogP contribution in [0.25, 0.3) is 0 Å². The van der Waals surface area contributed by atoms with Crippen LogP contribution in [0.4, 0.5) is 0 Å². The minimum absolute atomic E-state index is 0.382. The molecule has 0 atom stereocenters. The first-order valence-electron chi connectivity index (χ1n) is 3.93. The number of hydrogen-bond donors (Lipinski definition) is 0. The van der Waals surface area contributed by atoms with E-state index < -0.39 is 5.60 Å². The van der Waals surface area contributed by atoms with Gasteiger partial charge in [-0.3, -0.25) is 0 Å². The summed E-state index contributed by atoms with van der Waals surface area (Å²) >= 11 is 0. The van der Waals surface area contributed by atoms with E-state index in [9.17, 15) is 0 Å². The Morgan fingerprint density at radius 3 is 2.46 bits per heavy atom. The van der Waals surface area contributed by atoms with Crippen LogP contribution in [0.1, 0.15) is 20.8 Å². The molecular weight excluding hydrogens is 164 g/mol. The number of nitrogens with zero attached hydrogens (tertiary/aromatic N) is 2. The van der Waals surface area contributed by atoms with Crippen molar-refractivity contribution in [2.24, 2.45) is 0 Å². The molecule has 0 spiro atoms. The van der Waals surface area contributed by atoms with E-state index in [2.05, 4.69) is 0 Å². The highest BCUT2D eigenvalue weighted by molar-refractivity contribution is 5.50. The van der Waals surface area contributed by atoms with Gasteiger partial charge >= 0.3 is 0 Å². The molecule has 3 nitrogen and oxygen atoms in total. The molecule has 1 heterocycles. The van der Waals surface area contributed by atoms with Gasteiger partial charge in [-0.2, -0.15) is 10.5 Å². The van der Waals surface area contributed by atoms with Crippen molar-refractivity contribution in [2.45, 2.75) is 26.4 Å². The molecule has 0 radical (unpaired) electrons. The molecule has 1 aliphatic heterocycles. The zero-order valence-corrected chi connectivity index (χ0v) is 7.88. The van der Waals surface area contributed by atoms with Crippen molar-refractivity contribution >= 4 is 0 Å². The highest BCUT2D eigenvalue weighted by Crippen LogP contribution is 2.37. The Balaban J connectivity index is 3.24. The molecule has 3 heteroatoms. The van der Waals surface area contributed by atoms with Crippen LogP contribution in [0.15, 0.2) is 23.0 Å². The van der Waals surface area contributed by atoms with Crippen molar-refractivity contribution in [1.29, 1.82) is 10.5 Å². The van der Waals surface area contributed by atoms with Crippen molar-refractivity contribution in [3.8, 4) is 12.1 Å². The Hall–Kier alpha value is -1.74. The first-order chi connectivity index (χ1) is 6.03. The second kappa shape index (κ2) is 2.95. The quantitative estimate of drug-likeness (QED) is 0.528. The van der Waals surface area contributed by atoms with Crippen LogP contribution in [0.3, 0.4) is 0 Å². The lowest BCUT2D eigenvalue weighted by atomic mass is 9.98. The van der Waals surface area contributed by atoms with Gasteiger partial charge < -0.3 is 4.74 Å². The molecule has 0 unspecified atom stereocenters. The fourth-order valence-electron chi connectivity index (χ4n) is 1.19. The third-order valence-electron chi connectivity index (χ3n) is 2.20. The summed E-state index contributed by atoms with van der Waals surface area (Å²) in [5.41, 5.74) is 0.886. The molecule has 0 saturated carbocycles. The van der Waals surface area contributed by atoms with E-state index in [4.69, 9.17) is 15.3 Å². The van der Waals surface area contributed by atoms with E-state index in [1.165, 1.54) is 6.08 Å². The van der Waals surface area contributed by atoms with Gasteiger partial charge in [0, 0.05) is 0 Å². The van der Waals surface area contributed by atoms with Crippen molar-refractivity contribution in [3.05, 3.63) is 23.0 Å². The van der Waals surface area contributed by atoms with Crippen molar-refractivity contribution in [3.63, 3.8) is 0 Å². The molecule has 0 aliphatic carbocycles. The van der Waals surface area contributed by atoms with Gasteiger partial charge in [-0.15, -0.1) is 0 Å². The maximum atomic E-state index is 8.83. The molecule has 0 fully saturated rings. The summed E-state index contributed by atoms with van der Waals surface area (Å²) in [4.78, 5) is 0. The maximum absolute atomic E-state index is 8.83. The van der Waals surface area contributed by atoms with Crippen molar-refractivity contribution in [2.75, 3.05) is 0 Å². The van der Waals surface area contributed by atoms with E-state index in [0.717, 1.165) is 5.57 Å². The number of allylic oxidation sites excluding steroid dienone is 2. The zero-order chi connectivity index (χ0) is 10.1. The summed E-state index contributed by atoms with van der Waals surface area (Å²) in [5.74, 6) is 0.382. The Kier molecular flexibility index (Phi) is 2.12. The third-order valence-corrected chi connectivity index (χ3v) is 2.20. The number of hydrogen-bond acceptors (Lipinski definition) is 3. The van der Waals surface area contributed by atoms with Gasteiger partial charge in [0.1, 0.15) is 17.4 Å². The first-order valence-corrected chi connectivity index (χ1v) is 3.93. The van der Waals surface area contributed by atoms with Gasteiger partial charge in [0.15, 0.2) is 0 Å². The molecule has 1 aliphatic rings. The summed E-state index contributed by atoms with van der Waals surface area (Å²) in [6.07, 6.45) is 1.26. The molecule has 0 amide bonds. The van der Waals surface area contributed by atoms with Gasteiger partial charge in [-0.05, 0) is 26.3 Å². The second-order valence-corrected chi connectivity index (χ2v) is 3.36. The van der Waals surface area contributed by atoms with Gasteiger partial charge in [-0.1, -0.05) is 0 Å². The van der Waals surface area contributed by atoms with Crippen LogP contribution in [0.2, 0.25) is 0 Å². The summed E-state index contributed by atoms with van der Waals surface area (Å²) < 4.78 is 5.45. The van der Waals surface area contributed by atoms with Crippen LogP contribution < -0.4 is 0 Å². The fourth-order valence-corrected chi connectivity index (χ4v) is 1.19. The molecule has 66 valence electrons. The lowest BCUT2D eigenvalue weighted by Gasteiger charge is -2.19. The van der Waals surface area contributed by atoms with Crippen molar-refractivity contribution in [1.82, 2.24) is 0 Å². The lowest BCUT2D eigenvalue weighted by molar-refractivity contribution is 0.0937. The van der Waals surface area contributed by atoms with Crippen LogP contribution in [0.5, 0.6) is 0 Å². The van der Waals surface area contributed by atoms with E-state index in [-0.39, 0.29) is 0 Å². The van der Waals surface area contributed by atoms with Crippen molar-refractivity contribution < 1.29 is 4.74 Å². The first kappa shape index (κ1) is 9.35. The third kappa shape index (κ3) is 1.41. The van der Waals surface area contributed by atoms with Gasteiger partial charge in [0.05, 0.1) is 17.7 Å². The average molecular weight is 174 g/mol. The Labute approximate surface area is 77.5 Å². The molecule has 0 N–H and O–H groups in total. The molecule has 0 bridgehead atoms. The van der Waals surface area contributed by atoms with Crippen LogP contribution in [0, 0.1) is 22.7 Å². The van der Waals surface area contributed by atoms with E-state index in [0.29, 0.717) is 11.3 Å². The predicted octanol–water partition coefficient (Wildman–Crippen LogP) is 2.04. The van der Waals surface area contributed by atoms with E-state index in [1.807, 2.05) is 32.9 Å². The smallest absolute Gasteiger partial charge is 0.148 e. The molecule has 0 aromatic heterocycles. The highest BCUT2D eigenvalue weighted by atomic mass is 16.5. The molecule has 13 heavy (non-hydrogen) atoms. The molecule has 0 saturated heterocycles. The standard InChI is InChI=1S/C10H10N2O/c1-7-8(6-12)9(4-5-11)13-10(7,2)3/h4H,1-3H3/b9-4+. The number of rotatable bonds is 0. The summed E-state index contributed by atoms with van der Waals surface area (Å²) in [5, 5.41) is 17.3. The van der Waals surface area contributed by atoms with Gasteiger partial charge in [0.25, 0.3) is 0 Å². The van der Waals surface area contributed by atoms with Gasteiger partial charge in [0.2, 0.25) is 0 Å². The Morgan fingerprint density at radius 1 is 1.38 bits per heavy atom. The predicted molar refractivity (Wildman–Crippen MR) is 47.2 cm³/mol. The summed E-state index contributed by atoms with van der Waals surface area (Å²) in [6.45, 7) is 5.59. The zero-order valence-electron chi connectivity index (χ0n) is 7.88. The topological polar surface area (TPSA) is 56.8 Å². The molecule has 1 rings (SSSR count). The summed E-state index contributed by atoms with van der Waals surface area (Å²) in [7, 11) is 0. The average Bonchev–Trinajstić information content (AvgIpc) is 2.24. The van der Waals surface area contributed by atoms with E-state index >= 15 is 0 Å². The number of ether oxygens (including phenoxy) is 1. The fraction of sp³-hybridized carbons (Fsp3) is 0.400. The summed E-state index contributed by atoms with van der Waals surface area (Å²) in [6, 6.07) is 3.90. The normalized spacial score (nSPS) is 22.4. The molecule has 0 aromatic carbocycles. The van der Waals surface area contributed by atoms with Gasteiger partial charge in [-0.25, -0.2) is 0 Å². The largest absolute Gasteiger partial charge is 0.481 e. The second-order valence-electron chi connectivity index (χ2n) is 3.36. The van der Waals surface area contributed by atoms with Crippen LogP contribution >= 0.6 is 0 Å². The maximum Gasteiger partial charge on any atom is 0.148 e. The van der Waals surface area contributed by atoms with Crippen LogP contribution in [-0.2, 0) is 4.74 Å². The number of nitriles is 2. The lowest BCUT2D eigenvalue weighted by Crippen LogP contribution is -2.19. The van der Waals surface area contributed by atoms with E-state index in [1.54, 1.807) is 0 Å². The minimum atomic E-state index is -0.465. The Bertz CT molecular complexity index is 375. The molecular formula is C10H10N2O. The Morgan fingerprint density at radius 2 is 2.00 bits per heavy atom. The SMILES string of the molecule is CC1=C(C#N)/C(=C\C#N)OC1(C)C. The minimum Gasteiger partial charge on any atom is -0.481 e. The van der Waals surface area contributed by atoms with Crippen LogP contribution in [-0.4, -0.2) is 5.60 Å². The monoisotopic (exact) mass is 174 g/mol.